The number of phenolic OH excluding ortho intramolecular Hbond substituents is 1. The van der Waals surface area contributed by atoms with Crippen LogP contribution in [0.3, 0.4) is 0 Å². The second-order valence-corrected chi connectivity index (χ2v) is 9.49. The summed E-state index contributed by atoms with van der Waals surface area (Å²) in [5, 5.41) is 24.3. The number of esters is 1. The summed E-state index contributed by atoms with van der Waals surface area (Å²) in [7, 11) is -1.39. The number of aromatic nitrogens is 2. The number of nitrogens with zero attached hydrogens (tertiary/aromatic N) is 1. The number of rotatable bonds is 7. The molecule has 0 saturated carbocycles. The number of primary sulfonamides is 1. The van der Waals surface area contributed by atoms with Gasteiger partial charge in [-0.15, -0.1) is 0 Å². The third kappa shape index (κ3) is 4.72. The Balaban J connectivity index is 1.98. The van der Waals surface area contributed by atoms with E-state index in [0.29, 0.717) is 22.2 Å². The van der Waals surface area contributed by atoms with E-state index in [4.69, 9.17) is 25.8 Å². The predicted molar refractivity (Wildman–Crippen MR) is 133 cm³/mol. The second-order valence-electron chi connectivity index (χ2n) is 7.93. The summed E-state index contributed by atoms with van der Waals surface area (Å²) < 4.78 is 34.2. The summed E-state index contributed by atoms with van der Waals surface area (Å²) in [4.78, 5) is 19.5. The lowest BCUT2D eigenvalue weighted by Crippen LogP contribution is -2.12. The molecule has 0 aliphatic rings. The smallest absolute Gasteiger partial charge is 0.309 e. The quantitative estimate of drug-likeness (QED) is 0.142. The number of aromatic amines is 1. The lowest BCUT2D eigenvalue weighted by atomic mass is 9.96. The van der Waals surface area contributed by atoms with Crippen LogP contribution in [0.15, 0.2) is 53.4 Å². The number of sulfonamides is 1. The third-order valence-corrected chi connectivity index (χ3v) is 6.49. The Bertz CT molecular complexity index is 1630. The molecule has 1 heterocycles. The second kappa shape index (κ2) is 9.32. The average molecular weight is 510 g/mol. The Hall–Kier alpha value is -4.42. The van der Waals surface area contributed by atoms with Crippen molar-refractivity contribution in [2.75, 3.05) is 14.2 Å². The van der Waals surface area contributed by atoms with Crippen LogP contribution in [-0.4, -0.2) is 49.5 Å². The standard InChI is InChI=1S/C24H23N5O6S/c1-34-20-6-4-14(36(27,32)33)11-15(20)16-7-12(9-21(30)35-2)8-17(22(16)31)24-28-18-5-3-13(23(25)26)10-19(18)29-24/h3-8,10-11,31H,9H2,1-2H3,(H3,25,26)(H,28,29)(H2,27,32,33). The van der Waals surface area contributed by atoms with Crippen LogP contribution < -0.4 is 15.6 Å². The Labute approximate surface area is 206 Å². The Morgan fingerprint density at radius 1 is 1.08 bits per heavy atom. The fourth-order valence-corrected chi connectivity index (χ4v) is 4.34. The number of methoxy groups -OCH3 is 2. The summed E-state index contributed by atoms with van der Waals surface area (Å²) in [6, 6.07) is 12.1. The monoisotopic (exact) mass is 509 g/mol. The normalized spacial score (nSPS) is 11.4. The highest BCUT2D eigenvalue weighted by molar-refractivity contribution is 7.89. The number of H-pyrrole nitrogens is 1. The first-order valence-electron chi connectivity index (χ1n) is 10.5. The minimum absolute atomic E-state index is 0.111. The third-order valence-electron chi connectivity index (χ3n) is 5.58. The number of hydrogen-bond donors (Lipinski definition) is 5. The van der Waals surface area contributed by atoms with E-state index in [0.717, 1.165) is 0 Å². The summed E-state index contributed by atoms with van der Waals surface area (Å²) in [6.07, 6.45) is -0.122. The molecule has 0 aliphatic carbocycles. The van der Waals surface area contributed by atoms with Crippen molar-refractivity contribution in [1.29, 1.82) is 5.41 Å². The molecule has 0 fully saturated rings. The van der Waals surface area contributed by atoms with Crippen molar-refractivity contribution in [1.82, 2.24) is 9.97 Å². The molecule has 36 heavy (non-hydrogen) atoms. The molecular weight excluding hydrogens is 486 g/mol. The van der Waals surface area contributed by atoms with Gasteiger partial charge in [-0.25, -0.2) is 18.5 Å². The van der Waals surface area contributed by atoms with Crippen LogP contribution in [0, 0.1) is 5.41 Å². The van der Waals surface area contributed by atoms with Gasteiger partial charge < -0.3 is 25.3 Å². The van der Waals surface area contributed by atoms with Gasteiger partial charge in [0.1, 0.15) is 23.2 Å². The zero-order valence-electron chi connectivity index (χ0n) is 19.3. The number of carbonyl (C=O) groups is 1. The zero-order valence-corrected chi connectivity index (χ0v) is 20.1. The maximum atomic E-state index is 12.1. The van der Waals surface area contributed by atoms with Crippen LogP contribution in [0.4, 0.5) is 0 Å². The number of fused-ring (bicyclic) bond motifs is 1. The predicted octanol–water partition coefficient (Wildman–Crippen LogP) is 2.26. The minimum atomic E-state index is -4.05. The molecule has 11 nitrogen and oxygen atoms in total. The van der Waals surface area contributed by atoms with Gasteiger partial charge in [0.25, 0.3) is 0 Å². The van der Waals surface area contributed by atoms with E-state index in [1.165, 1.54) is 38.5 Å². The van der Waals surface area contributed by atoms with Crippen molar-refractivity contribution in [3.63, 3.8) is 0 Å². The number of hydrogen-bond acceptors (Lipinski definition) is 8. The molecular formula is C24H23N5O6S. The highest BCUT2D eigenvalue weighted by Crippen LogP contribution is 2.43. The number of nitrogens with one attached hydrogen (secondary N) is 2. The van der Waals surface area contributed by atoms with Gasteiger partial charge >= 0.3 is 5.97 Å². The van der Waals surface area contributed by atoms with Crippen LogP contribution in [0.1, 0.15) is 11.1 Å². The molecule has 3 aromatic carbocycles. The average Bonchev–Trinajstić information content (AvgIpc) is 3.27. The fraction of sp³-hybridized carbons (Fsp3) is 0.125. The number of amidine groups is 1. The van der Waals surface area contributed by atoms with E-state index in [-0.39, 0.29) is 51.2 Å². The molecule has 12 heteroatoms. The van der Waals surface area contributed by atoms with E-state index in [1.54, 1.807) is 24.3 Å². The molecule has 0 bridgehead atoms. The summed E-state index contributed by atoms with van der Waals surface area (Å²) >= 11 is 0. The van der Waals surface area contributed by atoms with Crippen LogP contribution >= 0.6 is 0 Å². The van der Waals surface area contributed by atoms with Crippen LogP contribution in [0.25, 0.3) is 33.5 Å². The van der Waals surface area contributed by atoms with E-state index in [2.05, 4.69) is 9.97 Å². The Morgan fingerprint density at radius 3 is 2.44 bits per heavy atom. The molecule has 0 atom stereocenters. The van der Waals surface area contributed by atoms with E-state index < -0.39 is 16.0 Å². The Morgan fingerprint density at radius 2 is 1.81 bits per heavy atom. The largest absolute Gasteiger partial charge is 0.507 e. The minimum Gasteiger partial charge on any atom is -0.507 e. The first-order valence-corrected chi connectivity index (χ1v) is 12.0. The molecule has 0 radical (unpaired) electrons. The number of aromatic hydroxyl groups is 1. The van der Waals surface area contributed by atoms with Gasteiger partial charge in [-0.3, -0.25) is 10.2 Å². The Kier molecular flexibility index (Phi) is 6.39. The molecule has 7 N–H and O–H groups in total. The van der Waals surface area contributed by atoms with Gasteiger partial charge in [0, 0.05) is 16.7 Å². The highest BCUT2D eigenvalue weighted by atomic mass is 32.2. The molecule has 1 aromatic heterocycles. The lowest BCUT2D eigenvalue weighted by molar-refractivity contribution is -0.139. The first-order chi connectivity index (χ1) is 17.0. The number of nitrogen functional groups attached to an aromatic ring is 1. The van der Waals surface area contributed by atoms with Gasteiger partial charge in [-0.05, 0) is 54.1 Å². The van der Waals surface area contributed by atoms with Gasteiger partial charge in [-0.1, -0.05) is 0 Å². The number of ether oxygens (including phenoxy) is 2. The summed E-state index contributed by atoms with van der Waals surface area (Å²) in [5.74, 6) is -0.315. The summed E-state index contributed by atoms with van der Waals surface area (Å²) in [5.41, 5.74) is 8.36. The van der Waals surface area contributed by atoms with Crippen molar-refractivity contribution < 1.29 is 27.8 Å². The lowest BCUT2D eigenvalue weighted by Gasteiger charge is -2.15. The van der Waals surface area contributed by atoms with Crippen LogP contribution in [0.2, 0.25) is 0 Å². The maximum absolute atomic E-state index is 12.1. The molecule has 4 aromatic rings. The van der Waals surface area contributed by atoms with Crippen molar-refractivity contribution in [2.45, 2.75) is 11.3 Å². The van der Waals surface area contributed by atoms with Crippen molar-refractivity contribution in [2.24, 2.45) is 10.9 Å². The topological polar surface area (TPSA) is 194 Å². The molecule has 4 rings (SSSR count). The van der Waals surface area contributed by atoms with Gasteiger partial charge in [0.15, 0.2) is 0 Å². The van der Waals surface area contributed by atoms with Gasteiger partial charge in [0.2, 0.25) is 10.0 Å². The molecule has 0 saturated heterocycles. The van der Waals surface area contributed by atoms with Crippen molar-refractivity contribution >= 4 is 32.9 Å². The molecule has 0 spiro atoms. The molecule has 0 aliphatic heterocycles. The van der Waals surface area contributed by atoms with Crippen LogP contribution in [0.5, 0.6) is 11.5 Å². The number of benzene rings is 3. The SMILES string of the molecule is COC(=O)Cc1cc(-c2nc3ccc(C(=N)N)cc3[nH]2)c(O)c(-c2cc(S(N)(=O)=O)ccc2OC)c1. The fourth-order valence-electron chi connectivity index (χ4n) is 3.80. The molecule has 0 amide bonds. The highest BCUT2D eigenvalue weighted by Gasteiger charge is 2.22. The van der Waals surface area contributed by atoms with E-state index >= 15 is 0 Å². The van der Waals surface area contributed by atoms with Crippen molar-refractivity contribution in [3.05, 3.63) is 59.7 Å². The molecule has 0 unspecified atom stereocenters. The molecule has 186 valence electrons. The van der Waals surface area contributed by atoms with Crippen LogP contribution in [-0.2, 0) is 26.0 Å². The summed E-state index contributed by atoms with van der Waals surface area (Å²) in [6.45, 7) is 0. The number of phenols is 1. The maximum Gasteiger partial charge on any atom is 0.309 e. The zero-order chi connectivity index (χ0) is 26.2. The number of imidazole rings is 1. The number of nitrogens with two attached hydrogens (primary N) is 2. The van der Waals surface area contributed by atoms with E-state index in [1.807, 2.05) is 0 Å². The van der Waals surface area contributed by atoms with Gasteiger partial charge in [-0.2, -0.15) is 0 Å². The number of carbonyl (C=O) groups excluding carboxylic acids is 1. The van der Waals surface area contributed by atoms with E-state index in [9.17, 15) is 18.3 Å². The van der Waals surface area contributed by atoms with Crippen molar-refractivity contribution in [3.8, 4) is 34.0 Å². The first kappa shape index (κ1) is 24.7. The van der Waals surface area contributed by atoms with Gasteiger partial charge in [0.05, 0.1) is 42.1 Å².